The van der Waals surface area contributed by atoms with Crippen LogP contribution >= 0.6 is 0 Å². The number of amides is 2. The van der Waals surface area contributed by atoms with Crippen molar-refractivity contribution in [2.24, 2.45) is 17.8 Å². The summed E-state index contributed by atoms with van der Waals surface area (Å²) in [4.78, 5) is 40.0. The number of aromatic hydroxyl groups is 1. The number of nitrogens with zero attached hydrogens (tertiary/aromatic N) is 2. The zero-order valence-corrected chi connectivity index (χ0v) is 26.6. The maximum Gasteiger partial charge on any atom is 0.455 e. The lowest BCUT2D eigenvalue weighted by atomic mass is 9.58. The summed E-state index contributed by atoms with van der Waals surface area (Å²) in [6.45, 7) is 5.94. The number of fused-ring (bicyclic) bond motifs is 3. The van der Waals surface area contributed by atoms with E-state index in [2.05, 4.69) is 6.08 Å². The second-order valence-electron chi connectivity index (χ2n) is 12.7. The number of phenolic OH excluding ortho intramolecular Hbond substituents is 1. The molecule has 242 valence electrons. The quantitative estimate of drug-likeness (QED) is 0.0934. The topological polar surface area (TPSA) is 139 Å². The number of rotatable bonds is 9. The molecule has 6 rings (SSSR count). The summed E-state index contributed by atoms with van der Waals surface area (Å²) in [6, 6.07) is 18.8. The van der Waals surface area contributed by atoms with Crippen LogP contribution in [0.3, 0.4) is 0 Å². The Morgan fingerprint density at radius 2 is 1.79 bits per heavy atom. The van der Waals surface area contributed by atoms with Crippen molar-refractivity contribution < 1.29 is 34.0 Å². The Kier molecular flexibility index (Phi) is 9.03. The molecule has 2 N–H and O–H groups in total. The predicted octanol–water partition coefficient (Wildman–Crippen LogP) is 6.18. The number of phenols is 1. The van der Waals surface area contributed by atoms with Crippen LogP contribution in [0.1, 0.15) is 42.9 Å². The smallest absolute Gasteiger partial charge is 0.455 e. The number of carbonyl (C=O) groups excluding carboxylic acids is 2. The number of hydrogen-bond acceptors (Lipinski definition) is 8. The molecule has 0 radical (unpaired) electrons. The fourth-order valence-electron chi connectivity index (χ4n) is 7.37. The molecule has 0 unspecified atom stereocenters. The molecule has 2 fully saturated rings. The molecule has 2 saturated heterocycles. The van der Waals surface area contributed by atoms with Crippen molar-refractivity contribution in [3.63, 3.8) is 0 Å². The van der Waals surface area contributed by atoms with Gasteiger partial charge in [0.15, 0.2) is 0 Å². The molecule has 0 spiro atoms. The van der Waals surface area contributed by atoms with E-state index in [1.807, 2.05) is 63.2 Å². The second-order valence-corrected chi connectivity index (χ2v) is 12.7. The number of non-ortho nitro benzene ring substituents is 1. The van der Waals surface area contributed by atoms with Gasteiger partial charge in [0.05, 0.1) is 28.6 Å². The minimum Gasteiger partial charge on any atom is -0.507 e. The van der Waals surface area contributed by atoms with Gasteiger partial charge in [0, 0.05) is 12.1 Å². The van der Waals surface area contributed by atoms with Gasteiger partial charge in [-0.15, -0.1) is 0 Å². The minimum atomic E-state index is -1.13. The van der Waals surface area contributed by atoms with Crippen LogP contribution in [0.25, 0.3) is 6.08 Å². The summed E-state index contributed by atoms with van der Waals surface area (Å²) in [6.07, 6.45) is 3.14. The van der Waals surface area contributed by atoms with Crippen molar-refractivity contribution in [2.45, 2.75) is 52.5 Å². The van der Waals surface area contributed by atoms with Gasteiger partial charge in [0.25, 0.3) is 5.69 Å². The normalized spacial score (nSPS) is 22.8. The third kappa shape index (κ3) is 6.46. The molecule has 1 aliphatic carbocycles. The largest absolute Gasteiger partial charge is 0.507 e. The molecule has 47 heavy (non-hydrogen) atoms. The van der Waals surface area contributed by atoms with Gasteiger partial charge in [0.1, 0.15) is 18.1 Å². The van der Waals surface area contributed by atoms with Gasteiger partial charge in [-0.2, -0.15) is 0 Å². The van der Waals surface area contributed by atoms with Crippen LogP contribution in [0.15, 0.2) is 83.4 Å². The molecule has 0 aromatic heterocycles. The first-order valence-corrected chi connectivity index (χ1v) is 15.8. The molecule has 3 aromatic carbocycles. The molecule has 11 heteroatoms. The minimum absolute atomic E-state index is 0.143. The summed E-state index contributed by atoms with van der Waals surface area (Å²) in [5.41, 5.74) is 5.36. The van der Waals surface area contributed by atoms with Crippen LogP contribution in [-0.4, -0.2) is 46.7 Å². The second kappa shape index (κ2) is 13.2. The maximum absolute atomic E-state index is 14.1. The highest BCUT2D eigenvalue weighted by Crippen LogP contribution is 2.51. The van der Waals surface area contributed by atoms with E-state index < -0.39 is 47.7 Å². The van der Waals surface area contributed by atoms with E-state index >= 15 is 0 Å². The van der Waals surface area contributed by atoms with E-state index in [-0.39, 0.29) is 36.5 Å². The fourth-order valence-corrected chi connectivity index (χ4v) is 7.37. The third-order valence-corrected chi connectivity index (χ3v) is 9.49. The van der Waals surface area contributed by atoms with Gasteiger partial charge in [-0.3, -0.25) is 19.7 Å². The highest BCUT2D eigenvalue weighted by molar-refractivity contribution is 6.43. The lowest BCUT2D eigenvalue weighted by Crippen LogP contribution is -2.46. The van der Waals surface area contributed by atoms with Crippen LogP contribution in [0.4, 0.5) is 11.4 Å². The van der Waals surface area contributed by atoms with Gasteiger partial charge in [-0.05, 0) is 110 Å². The Bertz CT molecular complexity index is 1770. The van der Waals surface area contributed by atoms with Gasteiger partial charge < -0.3 is 19.5 Å². The Morgan fingerprint density at radius 1 is 1.06 bits per heavy atom. The SMILES string of the molecule is C/C(=C\c1cc(C)c(O)c(C)c1)CC[C@H]1OB(O)C[C@H]2C1=C(COc1ccccc1)C[C@H]1C(=O)N(c3cccc([N+](=O)[O-])c3)C(=O)[C@H]12. The van der Waals surface area contributed by atoms with Crippen LogP contribution in [0, 0.1) is 41.7 Å². The Morgan fingerprint density at radius 3 is 2.49 bits per heavy atom. The van der Waals surface area contributed by atoms with Gasteiger partial charge in [-0.1, -0.05) is 35.9 Å². The number of benzene rings is 3. The van der Waals surface area contributed by atoms with Crippen molar-refractivity contribution >= 4 is 36.4 Å². The number of anilines is 1. The number of nitro groups is 1. The number of para-hydroxylation sites is 1. The Balaban J connectivity index is 1.32. The van der Waals surface area contributed by atoms with Crippen molar-refractivity contribution in [2.75, 3.05) is 11.5 Å². The first-order valence-electron chi connectivity index (χ1n) is 15.8. The summed E-state index contributed by atoms with van der Waals surface area (Å²) in [5.74, 6) is -1.79. The summed E-state index contributed by atoms with van der Waals surface area (Å²) >= 11 is 0. The number of ether oxygens (including phenoxy) is 1. The van der Waals surface area contributed by atoms with E-state index in [9.17, 15) is 29.8 Å². The van der Waals surface area contributed by atoms with Gasteiger partial charge >= 0.3 is 7.12 Å². The van der Waals surface area contributed by atoms with Crippen LogP contribution in [0.2, 0.25) is 6.32 Å². The molecule has 0 saturated carbocycles. The molecule has 3 aliphatic rings. The first-order chi connectivity index (χ1) is 22.5. The van der Waals surface area contributed by atoms with Crippen molar-refractivity contribution in [1.29, 1.82) is 0 Å². The number of aryl methyl sites for hydroxylation is 2. The molecule has 3 aromatic rings. The van der Waals surface area contributed by atoms with Crippen molar-refractivity contribution in [3.05, 3.63) is 110 Å². The van der Waals surface area contributed by atoms with E-state index in [1.54, 1.807) is 0 Å². The summed E-state index contributed by atoms with van der Waals surface area (Å²) in [5, 5.41) is 32.6. The highest BCUT2D eigenvalue weighted by atomic mass is 16.6. The van der Waals surface area contributed by atoms with Crippen molar-refractivity contribution in [3.8, 4) is 11.5 Å². The number of imide groups is 1. The number of nitro benzene ring substituents is 1. The van der Waals surface area contributed by atoms with E-state index in [0.717, 1.165) is 38.3 Å². The predicted molar refractivity (Wildman–Crippen MR) is 178 cm³/mol. The molecule has 10 nitrogen and oxygen atoms in total. The Labute approximate surface area is 273 Å². The fraction of sp³-hybridized carbons (Fsp3) is 0.333. The van der Waals surface area contributed by atoms with Crippen LogP contribution in [-0.2, 0) is 14.2 Å². The maximum atomic E-state index is 14.1. The van der Waals surface area contributed by atoms with Crippen molar-refractivity contribution in [1.82, 2.24) is 0 Å². The first kappa shape index (κ1) is 32.2. The number of carbonyl (C=O) groups is 2. The highest BCUT2D eigenvalue weighted by Gasteiger charge is 2.57. The molecule has 4 atom stereocenters. The van der Waals surface area contributed by atoms with E-state index in [4.69, 9.17) is 9.39 Å². The number of allylic oxidation sites excluding steroid dienone is 1. The average molecular weight is 637 g/mol. The molecule has 2 amide bonds. The summed E-state index contributed by atoms with van der Waals surface area (Å²) < 4.78 is 12.3. The standard InChI is InChI=1S/C36H37BN2O8/c1-21(14-24-15-22(2)34(40)23(3)16-24)12-13-31-32-25(20-46-28-10-5-4-6-11-28)17-29-33(30(32)19-37(43)47-31)36(42)38(35(29)41)26-8-7-9-27(18-26)39(44)45/h4-11,14-16,18,29-31,33,40,43H,12-13,17,19-20H2,1-3H3/b21-14+/t29-,30+,31-,33-/m1/s1. The lowest BCUT2D eigenvalue weighted by molar-refractivity contribution is -0.384. The van der Waals surface area contributed by atoms with Crippen LogP contribution in [0.5, 0.6) is 11.5 Å². The average Bonchev–Trinajstić information content (AvgIpc) is 3.30. The monoisotopic (exact) mass is 636 g/mol. The molecule has 2 aliphatic heterocycles. The molecule has 2 heterocycles. The molecular formula is C36H37BN2O8. The summed E-state index contributed by atoms with van der Waals surface area (Å²) in [7, 11) is -1.13. The van der Waals surface area contributed by atoms with E-state index in [0.29, 0.717) is 18.6 Å². The molecular weight excluding hydrogens is 599 g/mol. The van der Waals surface area contributed by atoms with Crippen LogP contribution < -0.4 is 9.64 Å². The zero-order chi connectivity index (χ0) is 33.4. The van der Waals surface area contributed by atoms with E-state index in [1.165, 1.54) is 24.3 Å². The number of hydrogen-bond donors (Lipinski definition) is 2. The zero-order valence-electron chi connectivity index (χ0n) is 26.6. The van der Waals surface area contributed by atoms with Gasteiger partial charge in [-0.25, -0.2) is 4.90 Å². The molecule has 0 bridgehead atoms. The Hall–Kier alpha value is -4.74. The van der Waals surface area contributed by atoms with Gasteiger partial charge in [0.2, 0.25) is 11.8 Å². The third-order valence-electron chi connectivity index (χ3n) is 9.49. The lowest BCUT2D eigenvalue weighted by Gasteiger charge is -2.43.